The van der Waals surface area contributed by atoms with Crippen LogP contribution in [0.3, 0.4) is 0 Å². The van der Waals surface area contributed by atoms with Crippen LogP contribution in [0.5, 0.6) is 5.75 Å². The predicted octanol–water partition coefficient (Wildman–Crippen LogP) is 4.03. The van der Waals surface area contributed by atoms with Gasteiger partial charge in [0.15, 0.2) is 0 Å². The molecule has 3 nitrogen and oxygen atoms in total. The first kappa shape index (κ1) is 16.6. The zero-order chi connectivity index (χ0) is 15.2. The Kier molecular flexibility index (Phi) is 6.34. The lowest BCUT2D eigenvalue weighted by molar-refractivity contribution is 0.0262. The lowest BCUT2D eigenvalue weighted by Crippen LogP contribution is -2.21. The molecule has 1 saturated heterocycles. The summed E-state index contributed by atoms with van der Waals surface area (Å²) in [4.78, 5) is 0. The number of rotatable bonds is 7. The molecule has 0 amide bonds. The summed E-state index contributed by atoms with van der Waals surface area (Å²) < 4.78 is 11.8. The van der Waals surface area contributed by atoms with E-state index in [1.807, 2.05) is 18.2 Å². The second-order valence-corrected chi connectivity index (χ2v) is 6.61. The lowest BCUT2D eigenvalue weighted by Gasteiger charge is -2.17. The van der Waals surface area contributed by atoms with Crippen LogP contribution in [-0.4, -0.2) is 25.4 Å². The van der Waals surface area contributed by atoms with Crippen molar-refractivity contribution in [3.8, 4) is 5.75 Å². The van der Waals surface area contributed by atoms with E-state index in [1.165, 1.54) is 0 Å². The van der Waals surface area contributed by atoms with Gasteiger partial charge in [-0.15, -0.1) is 0 Å². The van der Waals surface area contributed by atoms with Gasteiger partial charge in [0, 0.05) is 17.1 Å². The van der Waals surface area contributed by atoms with Crippen molar-refractivity contribution in [3.05, 3.63) is 28.8 Å². The molecule has 0 bridgehead atoms. The van der Waals surface area contributed by atoms with Gasteiger partial charge in [0.05, 0.1) is 12.2 Å². The fourth-order valence-corrected chi connectivity index (χ4v) is 2.75. The summed E-state index contributed by atoms with van der Waals surface area (Å²) in [5.41, 5.74) is 1.03. The minimum absolute atomic E-state index is 0.204. The molecule has 0 aliphatic carbocycles. The Morgan fingerprint density at radius 2 is 2.19 bits per heavy atom. The maximum Gasteiger partial charge on any atom is 0.125 e. The molecule has 0 radical (unpaired) electrons. The minimum atomic E-state index is 0.204. The van der Waals surface area contributed by atoms with Gasteiger partial charge in [-0.05, 0) is 44.4 Å². The summed E-state index contributed by atoms with van der Waals surface area (Å²) in [6.45, 7) is 8.79. The average molecular weight is 312 g/mol. The van der Waals surface area contributed by atoms with E-state index in [4.69, 9.17) is 21.1 Å². The smallest absolute Gasteiger partial charge is 0.125 e. The Labute approximate surface area is 133 Å². The van der Waals surface area contributed by atoms with Crippen molar-refractivity contribution in [2.45, 2.75) is 52.4 Å². The number of halogens is 1. The van der Waals surface area contributed by atoms with E-state index >= 15 is 0 Å². The largest absolute Gasteiger partial charge is 0.490 e. The summed E-state index contributed by atoms with van der Waals surface area (Å²) in [5.74, 6) is 1.48. The Bertz CT molecular complexity index is 450. The molecule has 118 valence electrons. The van der Waals surface area contributed by atoms with E-state index in [1.54, 1.807) is 0 Å². The minimum Gasteiger partial charge on any atom is -0.490 e. The summed E-state index contributed by atoms with van der Waals surface area (Å²) in [6.07, 6.45) is 2.75. The van der Waals surface area contributed by atoms with E-state index in [0.29, 0.717) is 18.6 Å². The number of hydrogen-bond donors (Lipinski definition) is 1. The summed E-state index contributed by atoms with van der Waals surface area (Å²) >= 11 is 6.31. The van der Waals surface area contributed by atoms with Crippen LogP contribution in [0.2, 0.25) is 5.02 Å². The highest BCUT2D eigenvalue weighted by Gasteiger charge is 2.22. The van der Waals surface area contributed by atoms with Crippen LogP contribution < -0.4 is 10.1 Å². The van der Waals surface area contributed by atoms with Crippen molar-refractivity contribution in [1.82, 2.24) is 5.32 Å². The molecule has 1 fully saturated rings. The molecule has 1 aliphatic heterocycles. The monoisotopic (exact) mass is 311 g/mol. The molecular formula is C17H26ClNO2. The highest BCUT2D eigenvalue weighted by atomic mass is 35.5. The maximum absolute atomic E-state index is 6.31. The fourth-order valence-electron chi connectivity index (χ4n) is 2.52. The van der Waals surface area contributed by atoms with Gasteiger partial charge in [-0.1, -0.05) is 31.5 Å². The van der Waals surface area contributed by atoms with Crippen LogP contribution in [0.1, 0.15) is 39.2 Å². The summed E-state index contributed by atoms with van der Waals surface area (Å²) in [6, 6.07) is 5.83. The molecule has 1 aromatic carbocycles. The van der Waals surface area contributed by atoms with Crippen LogP contribution in [0.4, 0.5) is 0 Å². The predicted molar refractivity (Wildman–Crippen MR) is 87.1 cm³/mol. The Morgan fingerprint density at radius 1 is 1.38 bits per heavy atom. The first-order valence-corrected chi connectivity index (χ1v) is 8.20. The fraction of sp³-hybridized carbons (Fsp3) is 0.647. The van der Waals surface area contributed by atoms with Crippen molar-refractivity contribution in [2.24, 2.45) is 5.92 Å². The number of benzene rings is 1. The molecule has 0 spiro atoms. The van der Waals surface area contributed by atoms with Crippen molar-refractivity contribution >= 4 is 11.6 Å². The zero-order valence-corrected chi connectivity index (χ0v) is 14.0. The van der Waals surface area contributed by atoms with Crippen molar-refractivity contribution in [1.29, 1.82) is 0 Å². The Morgan fingerprint density at radius 3 is 2.86 bits per heavy atom. The molecule has 1 N–H and O–H groups in total. The second-order valence-electron chi connectivity index (χ2n) is 6.20. The molecule has 1 heterocycles. The quantitative estimate of drug-likeness (QED) is 0.824. The van der Waals surface area contributed by atoms with Crippen LogP contribution in [0.15, 0.2) is 18.2 Å². The maximum atomic E-state index is 6.31. The molecule has 0 saturated carbocycles. The average Bonchev–Trinajstić information content (AvgIpc) is 2.84. The van der Waals surface area contributed by atoms with Crippen LogP contribution in [0.25, 0.3) is 0 Å². The van der Waals surface area contributed by atoms with Crippen molar-refractivity contribution < 1.29 is 9.47 Å². The summed E-state index contributed by atoms with van der Waals surface area (Å²) in [5, 5.41) is 4.18. The molecule has 21 heavy (non-hydrogen) atoms. The van der Waals surface area contributed by atoms with E-state index < -0.39 is 0 Å². The molecule has 2 unspecified atom stereocenters. The summed E-state index contributed by atoms with van der Waals surface area (Å²) in [7, 11) is 0. The third kappa shape index (κ3) is 5.17. The Hall–Kier alpha value is -0.770. The number of hydrogen-bond acceptors (Lipinski definition) is 3. The molecule has 1 aromatic rings. The SMILES string of the molecule is CC(C)CNCc1c(Cl)cccc1OCC1CCC(C)O1. The topological polar surface area (TPSA) is 30.5 Å². The van der Waals surface area contributed by atoms with Crippen LogP contribution in [-0.2, 0) is 11.3 Å². The van der Waals surface area contributed by atoms with Crippen LogP contribution >= 0.6 is 11.6 Å². The van der Waals surface area contributed by atoms with E-state index in [-0.39, 0.29) is 6.10 Å². The number of ether oxygens (including phenoxy) is 2. The highest BCUT2D eigenvalue weighted by Crippen LogP contribution is 2.28. The molecule has 2 rings (SSSR count). The van der Waals surface area contributed by atoms with E-state index in [0.717, 1.165) is 42.3 Å². The highest BCUT2D eigenvalue weighted by molar-refractivity contribution is 6.31. The molecule has 2 atom stereocenters. The zero-order valence-electron chi connectivity index (χ0n) is 13.2. The van der Waals surface area contributed by atoms with Gasteiger partial charge in [-0.25, -0.2) is 0 Å². The standard InChI is InChI=1S/C17H26ClNO2/c1-12(2)9-19-10-15-16(18)5-4-6-17(15)20-11-14-8-7-13(3)21-14/h4-6,12-14,19H,7-11H2,1-3H3. The van der Waals surface area contributed by atoms with Gasteiger partial charge in [-0.3, -0.25) is 0 Å². The molecule has 4 heteroatoms. The molecule has 0 aromatic heterocycles. The van der Waals surface area contributed by atoms with Gasteiger partial charge in [0.2, 0.25) is 0 Å². The first-order valence-electron chi connectivity index (χ1n) is 7.82. The third-order valence-corrected chi connectivity index (χ3v) is 4.03. The normalized spacial score (nSPS) is 22.0. The van der Waals surface area contributed by atoms with Gasteiger partial charge in [0.1, 0.15) is 12.4 Å². The number of nitrogens with one attached hydrogen (secondary N) is 1. The van der Waals surface area contributed by atoms with Crippen molar-refractivity contribution in [3.63, 3.8) is 0 Å². The van der Waals surface area contributed by atoms with Gasteiger partial charge in [-0.2, -0.15) is 0 Å². The van der Waals surface area contributed by atoms with Crippen LogP contribution in [0, 0.1) is 5.92 Å². The Balaban J connectivity index is 1.93. The molecule has 1 aliphatic rings. The van der Waals surface area contributed by atoms with E-state index in [2.05, 4.69) is 26.1 Å². The van der Waals surface area contributed by atoms with Gasteiger partial charge >= 0.3 is 0 Å². The van der Waals surface area contributed by atoms with Gasteiger partial charge < -0.3 is 14.8 Å². The lowest BCUT2D eigenvalue weighted by atomic mass is 10.1. The first-order chi connectivity index (χ1) is 10.1. The second kappa shape index (κ2) is 8.02. The molecular weight excluding hydrogens is 286 g/mol. The third-order valence-electron chi connectivity index (χ3n) is 3.67. The van der Waals surface area contributed by atoms with Crippen molar-refractivity contribution in [2.75, 3.05) is 13.2 Å². The van der Waals surface area contributed by atoms with Gasteiger partial charge in [0.25, 0.3) is 0 Å². The van der Waals surface area contributed by atoms with E-state index in [9.17, 15) is 0 Å².